The fourth-order valence-corrected chi connectivity index (χ4v) is 3.20. The van der Waals surface area contributed by atoms with E-state index in [0.29, 0.717) is 34.5 Å². The van der Waals surface area contributed by atoms with Gasteiger partial charge in [-0.15, -0.1) is 11.3 Å². The van der Waals surface area contributed by atoms with Crippen molar-refractivity contribution in [2.75, 3.05) is 25.4 Å². The van der Waals surface area contributed by atoms with Crippen LogP contribution in [0.2, 0.25) is 0 Å². The number of benzene rings is 1. The van der Waals surface area contributed by atoms with Crippen LogP contribution in [0.1, 0.15) is 23.0 Å². The number of thiophene rings is 1. The largest absolute Gasteiger partial charge is 0.397 e. The van der Waals surface area contributed by atoms with Crippen molar-refractivity contribution in [3.8, 4) is 0 Å². The van der Waals surface area contributed by atoms with E-state index in [1.54, 1.807) is 17.0 Å². The van der Waals surface area contributed by atoms with E-state index in [0.717, 1.165) is 0 Å². The van der Waals surface area contributed by atoms with Gasteiger partial charge in [0.1, 0.15) is 10.7 Å². The third-order valence-corrected chi connectivity index (χ3v) is 4.31. The van der Waals surface area contributed by atoms with E-state index in [-0.39, 0.29) is 18.2 Å². The van der Waals surface area contributed by atoms with E-state index in [2.05, 4.69) is 0 Å². The monoisotopic (exact) mass is 296 g/mol. The maximum Gasteiger partial charge on any atom is 0.266 e. The van der Waals surface area contributed by atoms with Crippen LogP contribution in [0.4, 0.5) is 10.1 Å². The van der Waals surface area contributed by atoms with Crippen molar-refractivity contribution in [1.82, 2.24) is 4.90 Å². The zero-order valence-electron chi connectivity index (χ0n) is 11.2. The maximum absolute atomic E-state index is 13.8. The predicted molar refractivity (Wildman–Crippen MR) is 79.5 cm³/mol. The van der Waals surface area contributed by atoms with E-state index >= 15 is 0 Å². The van der Waals surface area contributed by atoms with Crippen LogP contribution >= 0.6 is 11.3 Å². The minimum atomic E-state index is -0.409. The smallest absolute Gasteiger partial charge is 0.266 e. The van der Waals surface area contributed by atoms with E-state index in [9.17, 15) is 9.18 Å². The quantitative estimate of drug-likeness (QED) is 0.890. The fraction of sp³-hybridized carbons (Fsp3) is 0.357. The van der Waals surface area contributed by atoms with E-state index in [1.807, 2.05) is 6.92 Å². The zero-order chi connectivity index (χ0) is 14.7. The highest BCUT2D eigenvalue weighted by Gasteiger charge is 2.22. The van der Waals surface area contributed by atoms with Crippen LogP contribution in [0.3, 0.4) is 0 Å². The van der Waals surface area contributed by atoms with Gasteiger partial charge in [-0.3, -0.25) is 4.79 Å². The van der Waals surface area contributed by atoms with Gasteiger partial charge in [-0.05, 0) is 25.5 Å². The molecule has 0 unspecified atom stereocenters. The van der Waals surface area contributed by atoms with Crippen LogP contribution in [-0.2, 0) is 0 Å². The van der Waals surface area contributed by atoms with Crippen molar-refractivity contribution in [1.29, 1.82) is 0 Å². The lowest BCUT2D eigenvalue weighted by Crippen LogP contribution is -2.32. The van der Waals surface area contributed by atoms with Crippen LogP contribution in [0.25, 0.3) is 10.1 Å². The average molecular weight is 296 g/mol. The molecule has 4 nitrogen and oxygen atoms in total. The lowest BCUT2D eigenvalue weighted by Gasteiger charge is -2.19. The van der Waals surface area contributed by atoms with E-state index in [1.165, 1.54) is 17.4 Å². The molecular formula is C14H17FN2O2S. The molecule has 2 rings (SSSR count). The normalized spacial score (nSPS) is 10.9. The van der Waals surface area contributed by atoms with Gasteiger partial charge >= 0.3 is 0 Å². The number of rotatable bonds is 5. The predicted octanol–water partition coefficient (Wildman–Crippen LogP) is 2.47. The molecule has 3 N–H and O–H groups in total. The van der Waals surface area contributed by atoms with Crippen molar-refractivity contribution in [2.24, 2.45) is 0 Å². The van der Waals surface area contributed by atoms with Crippen LogP contribution < -0.4 is 5.73 Å². The van der Waals surface area contributed by atoms with Gasteiger partial charge < -0.3 is 15.7 Å². The number of carbonyl (C=O) groups is 1. The summed E-state index contributed by atoms with van der Waals surface area (Å²) < 4.78 is 14.4. The summed E-state index contributed by atoms with van der Waals surface area (Å²) in [5.41, 5.74) is 6.14. The minimum Gasteiger partial charge on any atom is -0.397 e. The highest BCUT2D eigenvalue weighted by molar-refractivity contribution is 7.21. The van der Waals surface area contributed by atoms with Gasteiger partial charge in [0, 0.05) is 24.4 Å². The molecule has 0 aliphatic rings. The van der Waals surface area contributed by atoms with Gasteiger partial charge in [-0.25, -0.2) is 4.39 Å². The van der Waals surface area contributed by atoms with Gasteiger partial charge in [0.25, 0.3) is 5.91 Å². The number of carbonyl (C=O) groups excluding carboxylic acids is 1. The highest BCUT2D eigenvalue weighted by atomic mass is 32.1. The Morgan fingerprint density at radius 3 is 2.85 bits per heavy atom. The number of hydrogen-bond donors (Lipinski definition) is 2. The Bertz CT molecular complexity index is 627. The number of nitrogens with two attached hydrogens (primary N) is 1. The molecule has 0 saturated heterocycles. The molecule has 1 aromatic carbocycles. The van der Waals surface area contributed by atoms with Crippen molar-refractivity contribution >= 4 is 33.0 Å². The first-order chi connectivity index (χ1) is 9.60. The highest BCUT2D eigenvalue weighted by Crippen LogP contribution is 2.35. The first kappa shape index (κ1) is 14.7. The molecule has 6 heteroatoms. The number of aliphatic hydroxyl groups is 1. The van der Waals surface area contributed by atoms with E-state index < -0.39 is 5.82 Å². The van der Waals surface area contributed by atoms with Crippen LogP contribution in [0.15, 0.2) is 18.2 Å². The summed E-state index contributed by atoms with van der Waals surface area (Å²) in [6, 6.07) is 4.69. The van der Waals surface area contributed by atoms with Crippen molar-refractivity contribution in [3.05, 3.63) is 28.9 Å². The summed E-state index contributed by atoms with van der Waals surface area (Å²) in [6.45, 7) is 2.87. The van der Waals surface area contributed by atoms with Gasteiger partial charge in [0.05, 0.1) is 11.1 Å². The fourth-order valence-electron chi connectivity index (χ4n) is 2.10. The van der Waals surface area contributed by atoms with Crippen LogP contribution in [-0.4, -0.2) is 35.6 Å². The molecular weight excluding hydrogens is 279 g/mol. The summed E-state index contributed by atoms with van der Waals surface area (Å²) in [5.74, 6) is -0.618. The summed E-state index contributed by atoms with van der Waals surface area (Å²) in [4.78, 5) is 14.4. The molecule has 0 radical (unpaired) electrons. The number of anilines is 1. The van der Waals surface area contributed by atoms with Gasteiger partial charge in [-0.1, -0.05) is 6.07 Å². The number of nitrogens with zero attached hydrogens (tertiary/aromatic N) is 1. The second-order valence-electron chi connectivity index (χ2n) is 4.42. The van der Waals surface area contributed by atoms with Crippen molar-refractivity contribution < 1.29 is 14.3 Å². The Balaban J connectivity index is 2.39. The SMILES string of the molecule is CCN(CCCO)C(=O)c1sc2cccc(F)c2c1N. The lowest BCUT2D eigenvalue weighted by molar-refractivity contribution is 0.0760. The van der Waals surface area contributed by atoms with Gasteiger partial charge in [0.15, 0.2) is 0 Å². The molecule has 0 fully saturated rings. The molecule has 0 aliphatic heterocycles. The average Bonchev–Trinajstić information content (AvgIpc) is 2.78. The second-order valence-corrected chi connectivity index (χ2v) is 5.47. The van der Waals surface area contributed by atoms with Crippen LogP contribution in [0, 0.1) is 5.82 Å². The number of hydrogen-bond acceptors (Lipinski definition) is 4. The molecule has 1 heterocycles. The molecule has 2 aromatic rings. The summed E-state index contributed by atoms with van der Waals surface area (Å²) in [7, 11) is 0. The molecule has 20 heavy (non-hydrogen) atoms. The Morgan fingerprint density at radius 1 is 1.50 bits per heavy atom. The molecule has 108 valence electrons. The minimum absolute atomic E-state index is 0.0281. The summed E-state index contributed by atoms with van der Waals surface area (Å²) in [5, 5.41) is 9.18. The molecule has 0 spiro atoms. The summed E-state index contributed by atoms with van der Waals surface area (Å²) in [6.07, 6.45) is 0.513. The number of amides is 1. The van der Waals surface area contributed by atoms with Crippen molar-refractivity contribution in [3.63, 3.8) is 0 Å². The number of aliphatic hydroxyl groups excluding tert-OH is 1. The van der Waals surface area contributed by atoms with Crippen molar-refractivity contribution in [2.45, 2.75) is 13.3 Å². The Morgan fingerprint density at radius 2 is 2.25 bits per heavy atom. The first-order valence-electron chi connectivity index (χ1n) is 6.46. The summed E-state index contributed by atoms with van der Waals surface area (Å²) >= 11 is 1.20. The Hall–Kier alpha value is -1.66. The number of nitrogen functional groups attached to an aromatic ring is 1. The first-order valence-corrected chi connectivity index (χ1v) is 7.28. The molecule has 0 bridgehead atoms. The van der Waals surface area contributed by atoms with Crippen LogP contribution in [0.5, 0.6) is 0 Å². The standard InChI is InChI=1S/C14H17FN2O2S/c1-2-17(7-4-8-18)14(19)13-12(16)11-9(15)5-3-6-10(11)20-13/h3,5-6,18H,2,4,7-8,16H2,1H3. The second kappa shape index (κ2) is 6.19. The molecule has 1 amide bonds. The molecule has 0 aliphatic carbocycles. The third-order valence-electron chi connectivity index (χ3n) is 3.15. The Kier molecular flexibility index (Phi) is 4.57. The molecule has 0 saturated carbocycles. The topological polar surface area (TPSA) is 66.6 Å². The van der Waals surface area contributed by atoms with Gasteiger partial charge in [-0.2, -0.15) is 0 Å². The van der Waals surface area contributed by atoms with Gasteiger partial charge in [0.2, 0.25) is 0 Å². The molecule has 1 aromatic heterocycles. The zero-order valence-corrected chi connectivity index (χ0v) is 12.0. The lowest BCUT2D eigenvalue weighted by atomic mass is 10.2. The third kappa shape index (κ3) is 2.62. The van der Waals surface area contributed by atoms with E-state index in [4.69, 9.17) is 10.8 Å². The molecule has 0 atom stereocenters. The maximum atomic E-state index is 13.8. The number of halogens is 1. The Labute approximate surface area is 120 Å². The number of fused-ring (bicyclic) bond motifs is 1.